The van der Waals surface area contributed by atoms with E-state index in [1.807, 2.05) is 0 Å². The van der Waals surface area contributed by atoms with E-state index in [1.165, 1.54) is 26.2 Å². The molecule has 112 valence electrons. The Hall–Kier alpha value is -0.580. The van der Waals surface area contributed by atoms with Crippen LogP contribution in [0.3, 0.4) is 0 Å². The maximum atomic E-state index is 12.1. The summed E-state index contributed by atoms with van der Waals surface area (Å²) in [5.41, 5.74) is 5.23. The first-order valence-corrected chi connectivity index (χ1v) is 8.26. The molecule has 1 amide bonds. The molecule has 0 radical (unpaired) electrons. The van der Waals surface area contributed by atoms with Crippen LogP contribution in [0, 0.1) is 17.3 Å². The van der Waals surface area contributed by atoms with E-state index in [-0.39, 0.29) is 15.7 Å². The number of ether oxygens (including phenoxy) is 1. The second kappa shape index (κ2) is 4.72. The number of halogens is 1. The fourth-order valence-corrected chi connectivity index (χ4v) is 6.66. The van der Waals surface area contributed by atoms with Gasteiger partial charge in [0.1, 0.15) is 0 Å². The van der Waals surface area contributed by atoms with E-state index in [0.29, 0.717) is 6.42 Å². The molecule has 4 bridgehead atoms. The number of amides is 1. The van der Waals surface area contributed by atoms with Gasteiger partial charge in [0.25, 0.3) is 5.91 Å². The molecule has 4 saturated carbocycles. The maximum Gasteiger partial charge on any atom is 0.307 e. The third kappa shape index (κ3) is 2.61. The van der Waals surface area contributed by atoms with Crippen LogP contribution in [-0.4, -0.2) is 22.3 Å². The van der Waals surface area contributed by atoms with Gasteiger partial charge in [0.15, 0.2) is 6.10 Å². The second-order valence-corrected chi connectivity index (χ2v) is 9.01. The molecule has 0 unspecified atom stereocenters. The number of carbonyl (C=O) groups excluding carboxylic acids is 2. The molecule has 2 N–H and O–H groups in total. The van der Waals surface area contributed by atoms with Gasteiger partial charge in [0.05, 0.1) is 6.42 Å². The first kappa shape index (κ1) is 14.4. The average molecular weight is 344 g/mol. The molecule has 0 aliphatic heterocycles. The quantitative estimate of drug-likeness (QED) is 0.629. The topological polar surface area (TPSA) is 69.4 Å². The lowest BCUT2D eigenvalue weighted by atomic mass is 9.49. The van der Waals surface area contributed by atoms with Gasteiger partial charge in [0.2, 0.25) is 0 Å². The predicted molar refractivity (Wildman–Crippen MR) is 78.1 cm³/mol. The molecule has 4 aliphatic carbocycles. The molecule has 0 aromatic heterocycles. The zero-order valence-electron chi connectivity index (χ0n) is 11.9. The van der Waals surface area contributed by atoms with Crippen LogP contribution in [0.2, 0.25) is 0 Å². The van der Waals surface area contributed by atoms with E-state index in [9.17, 15) is 9.59 Å². The third-order valence-corrected chi connectivity index (χ3v) is 6.27. The van der Waals surface area contributed by atoms with Crippen molar-refractivity contribution >= 4 is 27.8 Å². The van der Waals surface area contributed by atoms with Crippen molar-refractivity contribution in [1.29, 1.82) is 0 Å². The Morgan fingerprint density at radius 2 is 1.90 bits per heavy atom. The average Bonchev–Trinajstić information content (AvgIpc) is 2.23. The van der Waals surface area contributed by atoms with Crippen LogP contribution in [-0.2, 0) is 14.3 Å². The van der Waals surface area contributed by atoms with Crippen LogP contribution in [0.4, 0.5) is 0 Å². The molecule has 20 heavy (non-hydrogen) atoms. The van der Waals surface area contributed by atoms with Crippen LogP contribution in [0.15, 0.2) is 0 Å². The van der Waals surface area contributed by atoms with Gasteiger partial charge in [0, 0.05) is 4.32 Å². The monoisotopic (exact) mass is 343 g/mol. The Balaban J connectivity index is 1.68. The lowest BCUT2D eigenvalue weighted by Gasteiger charge is -2.60. The molecule has 5 heteroatoms. The van der Waals surface area contributed by atoms with Crippen molar-refractivity contribution in [2.45, 2.75) is 62.3 Å². The number of nitrogens with two attached hydrogens (primary N) is 1. The summed E-state index contributed by atoms with van der Waals surface area (Å²) in [5, 5.41) is 0. The summed E-state index contributed by atoms with van der Waals surface area (Å²) in [4.78, 5) is 23.1. The standard InChI is InChI=1S/C15H22BrNO3/c1-9(13(17)19)20-12(18)7-14-3-10-2-11(4-14)6-15(16,5-10)8-14/h9-11H,2-8H2,1H3,(H2,17,19)/t9-,10-,11-,14?,15?/m0/s1. The minimum absolute atomic E-state index is 0.0854. The van der Waals surface area contributed by atoms with Crippen LogP contribution in [0.25, 0.3) is 0 Å². The van der Waals surface area contributed by atoms with Gasteiger partial charge >= 0.3 is 5.97 Å². The molecule has 4 aliphatic rings. The smallest absolute Gasteiger partial charge is 0.307 e. The molecule has 0 saturated heterocycles. The van der Waals surface area contributed by atoms with Crippen LogP contribution in [0.5, 0.6) is 0 Å². The van der Waals surface area contributed by atoms with Crippen LogP contribution < -0.4 is 5.73 Å². The van der Waals surface area contributed by atoms with Gasteiger partial charge < -0.3 is 10.5 Å². The summed E-state index contributed by atoms with van der Waals surface area (Å²) in [6, 6.07) is 0. The number of rotatable bonds is 4. The van der Waals surface area contributed by atoms with Crippen molar-refractivity contribution in [3.05, 3.63) is 0 Å². The van der Waals surface area contributed by atoms with Crippen LogP contribution in [0.1, 0.15) is 51.9 Å². The molecular formula is C15H22BrNO3. The highest BCUT2D eigenvalue weighted by Crippen LogP contribution is 2.65. The molecule has 4 nitrogen and oxygen atoms in total. The summed E-state index contributed by atoms with van der Waals surface area (Å²) < 4.78 is 5.40. The Morgan fingerprint density at radius 3 is 2.40 bits per heavy atom. The summed E-state index contributed by atoms with van der Waals surface area (Å²) in [5.74, 6) is 0.643. The van der Waals surface area contributed by atoms with E-state index in [1.54, 1.807) is 0 Å². The molecule has 0 aromatic carbocycles. The number of primary amides is 1. The predicted octanol–water partition coefficient (Wildman–Crippen LogP) is 2.53. The number of esters is 1. The molecule has 4 rings (SSSR count). The minimum atomic E-state index is -0.825. The van der Waals surface area contributed by atoms with Crippen molar-refractivity contribution in [3.8, 4) is 0 Å². The summed E-state index contributed by atoms with van der Waals surface area (Å²) in [6.07, 6.45) is 6.76. The summed E-state index contributed by atoms with van der Waals surface area (Å²) in [6.45, 7) is 1.53. The molecular weight excluding hydrogens is 322 g/mol. The SMILES string of the molecule is C[C@H](OC(=O)CC12C[C@@H]3C[C@H](CC(Br)(C3)C1)C2)C(N)=O. The number of hydrogen-bond donors (Lipinski definition) is 1. The van der Waals surface area contributed by atoms with Gasteiger partial charge in [-0.15, -0.1) is 0 Å². The molecule has 0 aromatic rings. The Kier molecular flexibility index (Phi) is 3.39. The Bertz CT molecular complexity index is 436. The van der Waals surface area contributed by atoms with Crippen LogP contribution >= 0.6 is 15.9 Å². The Labute approximate surface area is 127 Å². The van der Waals surface area contributed by atoms with Crippen molar-refractivity contribution in [2.75, 3.05) is 0 Å². The van der Waals surface area contributed by atoms with Crippen molar-refractivity contribution < 1.29 is 14.3 Å². The third-order valence-electron chi connectivity index (χ3n) is 5.34. The van der Waals surface area contributed by atoms with Gasteiger partial charge in [-0.25, -0.2) is 0 Å². The lowest BCUT2D eigenvalue weighted by Crippen LogP contribution is -2.53. The summed E-state index contributed by atoms with van der Waals surface area (Å²) in [7, 11) is 0. The van der Waals surface area contributed by atoms with Gasteiger partial charge in [-0.3, -0.25) is 9.59 Å². The van der Waals surface area contributed by atoms with Gasteiger partial charge in [-0.05, 0) is 62.7 Å². The maximum absolute atomic E-state index is 12.1. The number of carbonyl (C=O) groups is 2. The van der Waals surface area contributed by atoms with Crippen molar-refractivity contribution in [1.82, 2.24) is 0 Å². The van der Waals surface area contributed by atoms with E-state index < -0.39 is 12.0 Å². The number of alkyl halides is 1. The zero-order valence-corrected chi connectivity index (χ0v) is 13.4. The first-order chi connectivity index (χ1) is 9.29. The molecule has 0 spiro atoms. The largest absolute Gasteiger partial charge is 0.453 e. The molecule has 4 fully saturated rings. The minimum Gasteiger partial charge on any atom is -0.453 e. The van der Waals surface area contributed by atoms with Crippen molar-refractivity contribution in [2.24, 2.45) is 23.0 Å². The van der Waals surface area contributed by atoms with E-state index in [2.05, 4.69) is 15.9 Å². The second-order valence-electron chi connectivity index (χ2n) is 7.32. The Morgan fingerprint density at radius 1 is 1.30 bits per heavy atom. The fraction of sp³-hybridized carbons (Fsp3) is 0.867. The van der Waals surface area contributed by atoms with E-state index in [0.717, 1.165) is 31.1 Å². The highest BCUT2D eigenvalue weighted by atomic mass is 79.9. The first-order valence-electron chi connectivity index (χ1n) is 7.47. The van der Waals surface area contributed by atoms with Crippen molar-refractivity contribution in [3.63, 3.8) is 0 Å². The van der Waals surface area contributed by atoms with E-state index >= 15 is 0 Å². The summed E-state index contributed by atoms with van der Waals surface area (Å²) >= 11 is 3.93. The molecule has 0 heterocycles. The molecule has 3 atom stereocenters. The number of hydrogen-bond acceptors (Lipinski definition) is 3. The van der Waals surface area contributed by atoms with E-state index in [4.69, 9.17) is 10.5 Å². The normalized spacial score (nSPS) is 43.3. The van der Waals surface area contributed by atoms with Gasteiger partial charge in [-0.1, -0.05) is 15.9 Å². The van der Waals surface area contributed by atoms with Gasteiger partial charge in [-0.2, -0.15) is 0 Å². The lowest BCUT2D eigenvalue weighted by molar-refractivity contribution is -0.159. The highest BCUT2D eigenvalue weighted by Gasteiger charge is 2.57. The zero-order chi connectivity index (χ0) is 14.5. The fourth-order valence-electron chi connectivity index (χ4n) is 5.15. The highest BCUT2D eigenvalue weighted by molar-refractivity contribution is 9.10.